The average Bonchev–Trinajstić information content (AvgIpc) is 2.95. The number of alkyl halides is 3. The molecule has 3 rings (SSSR count). The molecule has 124 valence electrons. The van der Waals surface area contributed by atoms with Crippen LogP contribution in [0.15, 0.2) is 53.3 Å². The lowest BCUT2D eigenvalue weighted by Crippen LogP contribution is -2.17. The summed E-state index contributed by atoms with van der Waals surface area (Å²) in [4.78, 5) is 3.54. The number of nitrogens with zero attached hydrogens (tertiary/aromatic N) is 3. The summed E-state index contributed by atoms with van der Waals surface area (Å²) in [7, 11) is 0. The monoisotopic (exact) mass is 401 g/mol. The number of pyridine rings is 1. The zero-order valence-electron chi connectivity index (χ0n) is 11.8. The normalized spacial score (nSPS) is 11.5. The molecule has 0 spiro atoms. The first kappa shape index (κ1) is 16.4. The van der Waals surface area contributed by atoms with Gasteiger partial charge in [0.2, 0.25) is 5.95 Å². The fraction of sp³-hybridized carbons (Fsp3) is 0.0667. The summed E-state index contributed by atoms with van der Waals surface area (Å²) >= 11 is 3.16. The van der Waals surface area contributed by atoms with Gasteiger partial charge >= 0.3 is 6.36 Å². The SMILES string of the molecule is Fc1ccc(-n2nccc2-c2cc(Br)cc(OC(F)(F)F)c2)cn1. The summed E-state index contributed by atoms with van der Waals surface area (Å²) in [5, 5.41) is 4.10. The van der Waals surface area contributed by atoms with Crippen molar-refractivity contribution in [3.8, 4) is 22.7 Å². The van der Waals surface area contributed by atoms with Gasteiger partial charge in [-0.3, -0.25) is 0 Å². The van der Waals surface area contributed by atoms with Gasteiger partial charge in [-0.15, -0.1) is 13.2 Å². The number of hydrogen-bond donors (Lipinski definition) is 0. The molecule has 0 aliphatic carbocycles. The number of halogens is 5. The summed E-state index contributed by atoms with van der Waals surface area (Å²) in [5.74, 6) is -1.01. The van der Waals surface area contributed by atoms with Crippen LogP contribution in [0.5, 0.6) is 5.75 Å². The molecule has 0 N–H and O–H groups in total. The van der Waals surface area contributed by atoms with Crippen molar-refractivity contribution in [1.29, 1.82) is 0 Å². The molecule has 9 heteroatoms. The molecular weight excluding hydrogens is 394 g/mol. The smallest absolute Gasteiger partial charge is 0.406 e. The van der Waals surface area contributed by atoms with E-state index < -0.39 is 12.3 Å². The van der Waals surface area contributed by atoms with Crippen molar-refractivity contribution in [2.75, 3.05) is 0 Å². The fourth-order valence-electron chi connectivity index (χ4n) is 2.12. The Hall–Kier alpha value is -2.42. The number of benzene rings is 1. The summed E-state index contributed by atoms with van der Waals surface area (Å²) in [6.07, 6.45) is -2.04. The molecule has 0 saturated carbocycles. The molecule has 0 aliphatic heterocycles. The van der Waals surface area contributed by atoms with Gasteiger partial charge in [-0.25, -0.2) is 9.67 Å². The Morgan fingerprint density at radius 2 is 1.88 bits per heavy atom. The maximum Gasteiger partial charge on any atom is 0.573 e. The maximum absolute atomic E-state index is 12.9. The standard InChI is InChI=1S/C15H8BrF4N3O/c16-10-5-9(6-12(7-10)24-15(18,19)20)13-3-4-22-23(13)11-1-2-14(17)21-8-11/h1-8H. The molecule has 0 atom stereocenters. The Kier molecular flexibility index (Phi) is 4.27. The van der Waals surface area contributed by atoms with Crippen LogP contribution in [0.1, 0.15) is 0 Å². The van der Waals surface area contributed by atoms with E-state index in [4.69, 9.17) is 0 Å². The molecule has 2 aromatic heterocycles. The second-order valence-corrected chi connectivity index (χ2v) is 5.61. The minimum atomic E-state index is -4.79. The van der Waals surface area contributed by atoms with Gasteiger partial charge in [0.25, 0.3) is 0 Å². The van der Waals surface area contributed by atoms with E-state index in [0.717, 1.165) is 0 Å². The zero-order valence-corrected chi connectivity index (χ0v) is 13.3. The van der Waals surface area contributed by atoms with E-state index in [0.29, 0.717) is 21.4 Å². The number of aromatic nitrogens is 3. The van der Waals surface area contributed by atoms with Crippen molar-refractivity contribution in [1.82, 2.24) is 14.8 Å². The van der Waals surface area contributed by atoms with Crippen LogP contribution in [0.4, 0.5) is 17.6 Å². The third-order valence-corrected chi connectivity index (χ3v) is 3.46. The highest BCUT2D eigenvalue weighted by molar-refractivity contribution is 9.10. The highest BCUT2D eigenvalue weighted by Crippen LogP contribution is 2.32. The summed E-state index contributed by atoms with van der Waals surface area (Å²) < 4.78 is 56.0. The zero-order chi connectivity index (χ0) is 17.3. The van der Waals surface area contributed by atoms with Crippen molar-refractivity contribution < 1.29 is 22.3 Å². The topological polar surface area (TPSA) is 39.9 Å². The summed E-state index contributed by atoms with van der Waals surface area (Å²) in [6.45, 7) is 0. The van der Waals surface area contributed by atoms with E-state index in [1.807, 2.05) is 0 Å². The minimum absolute atomic E-state index is 0.364. The van der Waals surface area contributed by atoms with Crippen LogP contribution in [0, 0.1) is 5.95 Å². The molecular formula is C15H8BrF4N3O. The number of rotatable bonds is 3. The van der Waals surface area contributed by atoms with E-state index in [-0.39, 0.29) is 5.75 Å². The van der Waals surface area contributed by atoms with E-state index in [1.165, 1.54) is 41.3 Å². The lowest BCUT2D eigenvalue weighted by Gasteiger charge is -2.12. The quantitative estimate of drug-likeness (QED) is 0.470. The van der Waals surface area contributed by atoms with Gasteiger partial charge in [-0.1, -0.05) is 15.9 Å². The molecule has 0 unspecified atom stereocenters. The molecule has 2 heterocycles. The van der Waals surface area contributed by atoms with Crippen molar-refractivity contribution >= 4 is 15.9 Å². The van der Waals surface area contributed by atoms with Crippen molar-refractivity contribution in [2.45, 2.75) is 6.36 Å². The van der Waals surface area contributed by atoms with E-state index in [9.17, 15) is 17.6 Å². The molecule has 24 heavy (non-hydrogen) atoms. The number of ether oxygens (including phenoxy) is 1. The van der Waals surface area contributed by atoms with Crippen LogP contribution in [0.25, 0.3) is 16.9 Å². The Labute approximate surface area is 141 Å². The first-order valence-electron chi connectivity index (χ1n) is 6.54. The molecule has 0 radical (unpaired) electrons. The van der Waals surface area contributed by atoms with Crippen LogP contribution < -0.4 is 4.74 Å². The summed E-state index contributed by atoms with van der Waals surface area (Å²) in [6, 6.07) is 8.31. The highest BCUT2D eigenvalue weighted by atomic mass is 79.9. The maximum atomic E-state index is 12.9. The van der Waals surface area contributed by atoms with Crippen LogP contribution in [-0.4, -0.2) is 21.1 Å². The van der Waals surface area contributed by atoms with Crippen LogP contribution in [-0.2, 0) is 0 Å². The molecule has 0 bridgehead atoms. The van der Waals surface area contributed by atoms with E-state index in [1.54, 1.807) is 12.1 Å². The average molecular weight is 402 g/mol. The number of hydrogen-bond acceptors (Lipinski definition) is 3. The van der Waals surface area contributed by atoms with Crippen molar-refractivity contribution in [2.24, 2.45) is 0 Å². The second kappa shape index (κ2) is 6.23. The third-order valence-electron chi connectivity index (χ3n) is 3.00. The van der Waals surface area contributed by atoms with Gasteiger partial charge < -0.3 is 4.74 Å². The summed E-state index contributed by atoms with van der Waals surface area (Å²) in [5.41, 5.74) is 1.40. The van der Waals surface area contributed by atoms with Gasteiger partial charge in [0.1, 0.15) is 5.75 Å². The predicted molar refractivity (Wildman–Crippen MR) is 81.1 cm³/mol. The van der Waals surface area contributed by atoms with Gasteiger partial charge in [0.15, 0.2) is 0 Å². The highest BCUT2D eigenvalue weighted by Gasteiger charge is 2.31. The molecule has 4 nitrogen and oxygen atoms in total. The molecule has 1 aromatic carbocycles. The van der Waals surface area contributed by atoms with Crippen LogP contribution in [0.3, 0.4) is 0 Å². The van der Waals surface area contributed by atoms with Gasteiger partial charge in [-0.2, -0.15) is 9.49 Å². The van der Waals surface area contributed by atoms with E-state index in [2.05, 4.69) is 30.7 Å². The Bertz CT molecular complexity index is 862. The molecule has 0 saturated heterocycles. The molecule has 0 fully saturated rings. The second-order valence-electron chi connectivity index (χ2n) is 4.69. The molecule has 0 aliphatic rings. The molecule has 3 aromatic rings. The third kappa shape index (κ3) is 3.73. The van der Waals surface area contributed by atoms with Crippen LogP contribution in [0.2, 0.25) is 0 Å². The first-order valence-corrected chi connectivity index (χ1v) is 7.34. The largest absolute Gasteiger partial charge is 0.573 e. The predicted octanol–water partition coefficient (Wildman–Crippen LogP) is 4.73. The van der Waals surface area contributed by atoms with E-state index >= 15 is 0 Å². The van der Waals surface area contributed by atoms with Crippen LogP contribution >= 0.6 is 15.9 Å². The minimum Gasteiger partial charge on any atom is -0.406 e. The van der Waals surface area contributed by atoms with Gasteiger partial charge in [0.05, 0.1) is 23.8 Å². The van der Waals surface area contributed by atoms with Gasteiger partial charge in [-0.05, 0) is 36.4 Å². The van der Waals surface area contributed by atoms with Crippen molar-refractivity contribution in [3.05, 3.63) is 59.2 Å². The lowest BCUT2D eigenvalue weighted by atomic mass is 10.1. The van der Waals surface area contributed by atoms with Gasteiger partial charge in [0, 0.05) is 10.0 Å². The lowest BCUT2D eigenvalue weighted by molar-refractivity contribution is -0.274. The Morgan fingerprint density at radius 1 is 1.08 bits per heavy atom. The Balaban J connectivity index is 2.04. The van der Waals surface area contributed by atoms with Crippen molar-refractivity contribution in [3.63, 3.8) is 0 Å². The first-order chi connectivity index (χ1) is 11.3. The molecule has 0 amide bonds. The fourth-order valence-corrected chi connectivity index (χ4v) is 2.60. The Morgan fingerprint density at radius 3 is 2.54 bits per heavy atom.